The Morgan fingerprint density at radius 1 is 1.09 bits per heavy atom. The fourth-order valence-electron chi connectivity index (χ4n) is 4.27. The molecule has 0 aliphatic carbocycles. The average Bonchev–Trinajstić information content (AvgIpc) is 2.81. The molecule has 0 aromatic heterocycles. The van der Waals surface area contributed by atoms with E-state index < -0.39 is 22.0 Å². The average molecular weight is 478 g/mol. The van der Waals surface area contributed by atoms with Crippen LogP contribution < -0.4 is 4.74 Å². The maximum absolute atomic E-state index is 13.1. The summed E-state index contributed by atoms with van der Waals surface area (Å²) < 4.78 is 38.5. The summed E-state index contributed by atoms with van der Waals surface area (Å²) in [5, 5.41) is 20.9. The molecule has 0 spiro atoms. The van der Waals surface area contributed by atoms with Gasteiger partial charge in [0.1, 0.15) is 5.75 Å². The summed E-state index contributed by atoms with van der Waals surface area (Å²) in [5.74, 6) is -0.0504. The standard InChI is InChI=1S/C25H35NO6S/c1-18-6-12-23(13-7-18)33(29,30)26-15-21(17-27)25(24(28)16-26)20-8-10-22(11-9-20)32-14-4-5-19(2)31-3/h6-13,19,21,24-25,27-28H,4-5,14-17H2,1-3H3/t19-,21+,24+,25+/m1/s1. The number of β-amino-alcohol motifs (C(OH)–C–C–N with tert-alkyl or cyclic N) is 1. The fourth-order valence-corrected chi connectivity index (χ4v) is 5.79. The van der Waals surface area contributed by atoms with Crippen LogP contribution in [-0.4, -0.2) is 68.6 Å². The molecule has 2 N–H and O–H groups in total. The van der Waals surface area contributed by atoms with Gasteiger partial charge in [-0.1, -0.05) is 29.8 Å². The summed E-state index contributed by atoms with van der Waals surface area (Å²) >= 11 is 0. The number of rotatable bonds is 10. The molecule has 0 bridgehead atoms. The predicted octanol–water partition coefficient (Wildman–Crippen LogP) is 2.95. The first-order valence-corrected chi connectivity index (χ1v) is 12.8. The van der Waals surface area contributed by atoms with E-state index in [1.807, 2.05) is 38.1 Å². The van der Waals surface area contributed by atoms with Crippen molar-refractivity contribution < 1.29 is 28.1 Å². The van der Waals surface area contributed by atoms with Crippen LogP contribution in [0, 0.1) is 12.8 Å². The van der Waals surface area contributed by atoms with Crippen LogP contribution in [0.2, 0.25) is 0 Å². The van der Waals surface area contributed by atoms with Crippen molar-refractivity contribution in [1.29, 1.82) is 0 Å². The number of aliphatic hydroxyl groups excluding tert-OH is 2. The van der Waals surface area contributed by atoms with E-state index in [0.29, 0.717) is 6.61 Å². The molecule has 1 aliphatic heterocycles. The molecule has 2 aromatic rings. The Morgan fingerprint density at radius 3 is 2.36 bits per heavy atom. The second kappa shape index (κ2) is 11.4. The summed E-state index contributed by atoms with van der Waals surface area (Å²) in [6.07, 6.45) is 1.07. The van der Waals surface area contributed by atoms with Crippen molar-refractivity contribution in [2.24, 2.45) is 5.92 Å². The Bertz CT molecular complexity index is 977. The predicted molar refractivity (Wildman–Crippen MR) is 127 cm³/mol. The highest BCUT2D eigenvalue weighted by Crippen LogP contribution is 2.36. The minimum atomic E-state index is -3.75. The number of piperidine rings is 1. The molecule has 4 atom stereocenters. The highest BCUT2D eigenvalue weighted by Gasteiger charge is 2.41. The van der Waals surface area contributed by atoms with E-state index in [-0.39, 0.29) is 36.6 Å². The van der Waals surface area contributed by atoms with Gasteiger partial charge in [0.25, 0.3) is 0 Å². The minimum Gasteiger partial charge on any atom is -0.494 e. The van der Waals surface area contributed by atoms with Gasteiger partial charge >= 0.3 is 0 Å². The molecule has 2 aromatic carbocycles. The quantitative estimate of drug-likeness (QED) is 0.511. The third kappa shape index (κ3) is 6.33. The van der Waals surface area contributed by atoms with Crippen molar-refractivity contribution in [2.45, 2.75) is 49.7 Å². The number of benzene rings is 2. The van der Waals surface area contributed by atoms with Gasteiger partial charge in [-0.15, -0.1) is 0 Å². The van der Waals surface area contributed by atoms with Crippen LogP contribution in [0.25, 0.3) is 0 Å². The highest BCUT2D eigenvalue weighted by molar-refractivity contribution is 7.89. The second-order valence-electron chi connectivity index (χ2n) is 8.78. The molecule has 1 saturated heterocycles. The maximum atomic E-state index is 13.1. The number of aryl methyl sites for hydroxylation is 1. The van der Waals surface area contributed by atoms with Crippen LogP contribution in [-0.2, 0) is 14.8 Å². The second-order valence-corrected chi connectivity index (χ2v) is 10.7. The Labute approximate surface area is 197 Å². The summed E-state index contributed by atoms with van der Waals surface area (Å²) in [5.41, 5.74) is 1.83. The molecule has 3 rings (SSSR count). The lowest BCUT2D eigenvalue weighted by Gasteiger charge is -2.40. The van der Waals surface area contributed by atoms with Crippen molar-refractivity contribution in [1.82, 2.24) is 4.31 Å². The Morgan fingerprint density at radius 2 is 1.76 bits per heavy atom. The molecule has 1 aliphatic rings. The number of ether oxygens (including phenoxy) is 2. The number of hydrogen-bond donors (Lipinski definition) is 2. The molecule has 7 nitrogen and oxygen atoms in total. The fraction of sp³-hybridized carbons (Fsp3) is 0.520. The van der Waals surface area contributed by atoms with E-state index >= 15 is 0 Å². The number of nitrogens with zero attached hydrogens (tertiary/aromatic N) is 1. The largest absolute Gasteiger partial charge is 0.494 e. The van der Waals surface area contributed by atoms with Crippen molar-refractivity contribution in [3.63, 3.8) is 0 Å². The van der Waals surface area contributed by atoms with Gasteiger partial charge in [0.05, 0.1) is 23.7 Å². The van der Waals surface area contributed by atoms with Gasteiger partial charge in [-0.25, -0.2) is 8.42 Å². The summed E-state index contributed by atoms with van der Waals surface area (Å²) in [6.45, 7) is 4.40. The van der Waals surface area contributed by atoms with Crippen LogP contribution in [0.5, 0.6) is 5.75 Å². The zero-order chi connectivity index (χ0) is 24.0. The van der Waals surface area contributed by atoms with E-state index in [0.717, 1.165) is 29.7 Å². The molecular weight excluding hydrogens is 442 g/mol. The molecule has 0 amide bonds. The minimum absolute atomic E-state index is 0.0205. The first kappa shape index (κ1) is 25.6. The van der Waals surface area contributed by atoms with E-state index in [2.05, 4.69) is 0 Å². The van der Waals surface area contributed by atoms with E-state index in [1.54, 1.807) is 31.4 Å². The van der Waals surface area contributed by atoms with Crippen molar-refractivity contribution >= 4 is 10.0 Å². The third-order valence-electron chi connectivity index (χ3n) is 6.34. The Balaban J connectivity index is 1.67. The van der Waals surface area contributed by atoms with Crippen LogP contribution in [0.3, 0.4) is 0 Å². The normalized spacial score (nSPS) is 22.8. The van der Waals surface area contributed by atoms with Crippen LogP contribution in [0.4, 0.5) is 0 Å². The zero-order valence-corrected chi connectivity index (χ0v) is 20.4. The number of hydrogen-bond acceptors (Lipinski definition) is 6. The van der Waals surface area contributed by atoms with Crippen molar-refractivity contribution in [2.75, 3.05) is 33.4 Å². The van der Waals surface area contributed by atoms with Gasteiger partial charge in [0, 0.05) is 38.6 Å². The van der Waals surface area contributed by atoms with Crippen molar-refractivity contribution in [3.05, 3.63) is 59.7 Å². The molecule has 8 heteroatoms. The lowest BCUT2D eigenvalue weighted by Crippen LogP contribution is -2.51. The van der Waals surface area contributed by atoms with Gasteiger partial charge in [-0.05, 0) is 56.5 Å². The van der Waals surface area contributed by atoms with Gasteiger partial charge in [-0.2, -0.15) is 4.31 Å². The zero-order valence-electron chi connectivity index (χ0n) is 19.6. The van der Waals surface area contributed by atoms with Crippen LogP contribution in [0.1, 0.15) is 36.8 Å². The lowest BCUT2D eigenvalue weighted by atomic mass is 9.79. The molecule has 0 saturated carbocycles. The van der Waals surface area contributed by atoms with Gasteiger partial charge in [-0.3, -0.25) is 0 Å². The highest BCUT2D eigenvalue weighted by atomic mass is 32.2. The first-order valence-electron chi connectivity index (χ1n) is 11.4. The molecule has 1 heterocycles. The molecule has 33 heavy (non-hydrogen) atoms. The monoisotopic (exact) mass is 477 g/mol. The number of sulfonamides is 1. The SMILES string of the molecule is CO[C@H](C)CCCOc1ccc([C@H]2[C@H](CO)CN(S(=O)(=O)c3ccc(C)cc3)C[C@@H]2O)cc1. The lowest BCUT2D eigenvalue weighted by molar-refractivity contribution is 0.0299. The number of aliphatic hydroxyl groups is 2. The topological polar surface area (TPSA) is 96.3 Å². The smallest absolute Gasteiger partial charge is 0.243 e. The Kier molecular flexibility index (Phi) is 8.89. The molecular formula is C25H35NO6S. The number of methoxy groups -OCH3 is 1. The van der Waals surface area contributed by atoms with Crippen LogP contribution in [0.15, 0.2) is 53.4 Å². The van der Waals surface area contributed by atoms with E-state index in [9.17, 15) is 18.6 Å². The first-order chi connectivity index (χ1) is 15.8. The van der Waals surface area contributed by atoms with Gasteiger partial charge in [0.2, 0.25) is 10.0 Å². The van der Waals surface area contributed by atoms with E-state index in [1.165, 1.54) is 4.31 Å². The summed E-state index contributed by atoms with van der Waals surface area (Å²) in [7, 11) is -2.06. The van der Waals surface area contributed by atoms with Gasteiger partial charge < -0.3 is 19.7 Å². The third-order valence-corrected chi connectivity index (χ3v) is 8.18. The van der Waals surface area contributed by atoms with Gasteiger partial charge in [0.15, 0.2) is 0 Å². The van der Waals surface area contributed by atoms with E-state index in [4.69, 9.17) is 9.47 Å². The molecule has 182 valence electrons. The molecule has 0 radical (unpaired) electrons. The Hall–Kier alpha value is -1.97. The summed E-state index contributed by atoms with van der Waals surface area (Å²) in [6, 6.07) is 14.1. The molecule has 0 unspecified atom stereocenters. The van der Waals surface area contributed by atoms with Crippen LogP contribution >= 0.6 is 0 Å². The maximum Gasteiger partial charge on any atom is 0.243 e. The summed E-state index contributed by atoms with van der Waals surface area (Å²) in [4.78, 5) is 0.192. The van der Waals surface area contributed by atoms with Crippen molar-refractivity contribution in [3.8, 4) is 5.75 Å². The molecule has 1 fully saturated rings.